The topological polar surface area (TPSA) is 15.8 Å². The van der Waals surface area contributed by atoms with Crippen LogP contribution in [0.3, 0.4) is 0 Å². The van der Waals surface area contributed by atoms with Crippen LogP contribution in [0.1, 0.15) is 41.5 Å². The van der Waals surface area contributed by atoms with Gasteiger partial charge in [-0.3, -0.25) is 0 Å². The smallest absolute Gasteiger partial charge is 0.124 e. The molecular formula is C22H21F2NS. The minimum atomic E-state index is -0.175. The number of halogens is 2. The molecule has 1 heterocycles. The fourth-order valence-corrected chi connectivity index (χ4v) is 5.62. The zero-order chi connectivity index (χ0) is 17.9. The van der Waals surface area contributed by atoms with Gasteiger partial charge in [0.05, 0.1) is 0 Å². The third-order valence-corrected chi connectivity index (χ3v) is 6.83. The summed E-state index contributed by atoms with van der Waals surface area (Å²) in [6.07, 6.45) is 8.38. The number of aryl methyl sites for hydroxylation is 1. The van der Waals surface area contributed by atoms with E-state index in [0.717, 1.165) is 40.6 Å². The number of fused-ring (bicyclic) bond motifs is 2. The van der Waals surface area contributed by atoms with E-state index in [1.54, 1.807) is 36.0 Å². The summed E-state index contributed by atoms with van der Waals surface area (Å²) in [6, 6.07) is 8.55. The SMILES string of the molecule is CSCc1cc(F)cc2c(C3(C4CC4)CCc4cc(F)ccc43)c[nH]c12. The monoisotopic (exact) mass is 369 g/mol. The minimum Gasteiger partial charge on any atom is -0.361 e. The van der Waals surface area contributed by atoms with Gasteiger partial charge in [-0.2, -0.15) is 11.8 Å². The maximum Gasteiger partial charge on any atom is 0.124 e. The highest BCUT2D eigenvalue weighted by molar-refractivity contribution is 7.97. The van der Waals surface area contributed by atoms with Gasteiger partial charge >= 0.3 is 0 Å². The van der Waals surface area contributed by atoms with E-state index in [-0.39, 0.29) is 17.0 Å². The van der Waals surface area contributed by atoms with Crippen LogP contribution >= 0.6 is 11.8 Å². The Bertz CT molecular complexity index is 1000. The minimum absolute atomic E-state index is 0.105. The van der Waals surface area contributed by atoms with Crippen molar-refractivity contribution in [2.75, 3.05) is 6.26 Å². The first-order valence-corrected chi connectivity index (χ1v) is 10.6. The molecule has 134 valence electrons. The van der Waals surface area contributed by atoms with Crippen LogP contribution in [-0.4, -0.2) is 11.2 Å². The predicted molar refractivity (Wildman–Crippen MR) is 104 cm³/mol. The van der Waals surface area contributed by atoms with Crippen LogP contribution in [-0.2, 0) is 17.6 Å². The lowest BCUT2D eigenvalue weighted by Crippen LogP contribution is -2.27. The van der Waals surface area contributed by atoms with E-state index in [2.05, 4.69) is 11.2 Å². The van der Waals surface area contributed by atoms with E-state index in [9.17, 15) is 8.78 Å². The molecule has 0 saturated heterocycles. The number of H-pyrrole nitrogens is 1. The molecule has 2 aliphatic carbocycles. The van der Waals surface area contributed by atoms with E-state index in [4.69, 9.17) is 0 Å². The summed E-state index contributed by atoms with van der Waals surface area (Å²) in [5, 5.41) is 0.998. The van der Waals surface area contributed by atoms with E-state index in [0.29, 0.717) is 5.92 Å². The molecule has 1 unspecified atom stereocenters. The number of hydrogen-bond donors (Lipinski definition) is 1. The van der Waals surface area contributed by atoms with E-state index in [1.807, 2.05) is 12.3 Å². The second-order valence-corrected chi connectivity index (χ2v) is 8.54. The van der Waals surface area contributed by atoms with Gasteiger partial charge in [0.1, 0.15) is 11.6 Å². The van der Waals surface area contributed by atoms with Crippen molar-refractivity contribution in [3.63, 3.8) is 0 Å². The molecular weight excluding hydrogens is 348 g/mol. The van der Waals surface area contributed by atoms with Crippen molar-refractivity contribution in [2.45, 2.75) is 36.9 Å². The molecule has 1 atom stereocenters. The molecule has 2 aromatic carbocycles. The van der Waals surface area contributed by atoms with Crippen LogP contribution < -0.4 is 0 Å². The summed E-state index contributed by atoms with van der Waals surface area (Å²) in [4.78, 5) is 3.44. The van der Waals surface area contributed by atoms with Crippen molar-refractivity contribution < 1.29 is 8.78 Å². The molecule has 0 amide bonds. The molecule has 1 aromatic heterocycles. The van der Waals surface area contributed by atoms with Gasteiger partial charge in [0.2, 0.25) is 0 Å². The third kappa shape index (κ3) is 2.27. The number of rotatable bonds is 4. The molecule has 0 aliphatic heterocycles. The predicted octanol–water partition coefficient (Wildman–Crippen LogP) is 5.95. The van der Waals surface area contributed by atoms with Crippen LogP contribution in [0.15, 0.2) is 36.5 Å². The van der Waals surface area contributed by atoms with Crippen LogP contribution in [0.2, 0.25) is 0 Å². The van der Waals surface area contributed by atoms with E-state index >= 15 is 0 Å². The first-order chi connectivity index (χ1) is 12.6. The summed E-state index contributed by atoms with van der Waals surface area (Å²) in [7, 11) is 0. The Balaban J connectivity index is 1.76. The largest absolute Gasteiger partial charge is 0.361 e. The van der Waals surface area contributed by atoms with Crippen molar-refractivity contribution in [1.29, 1.82) is 0 Å². The van der Waals surface area contributed by atoms with Crippen molar-refractivity contribution in [3.05, 3.63) is 70.4 Å². The number of hydrogen-bond acceptors (Lipinski definition) is 1. The van der Waals surface area contributed by atoms with Crippen LogP contribution in [0, 0.1) is 17.6 Å². The maximum atomic E-state index is 14.4. The Hall–Kier alpha value is -1.81. The van der Waals surface area contributed by atoms with Gasteiger partial charge in [-0.05, 0) is 84.4 Å². The van der Waals surface area contributed by atoms with Crippen molar-refractivity contribution in [2.24, 2.45) is 5.92 Å². The third-order valence-electron chi connectivity index (χ3n) is 6.23. The molecule has 2 aliphatic rings. The van der Waals surface area contributed by atoms with Crippen molar-refractivity contribution >= 4 is 22.7 Å². The lowest BCUT2D eigenvalue weighted by Gasteiger charge is -2.31. The normalized spacial score (nSPS) is 22.1. The van der Waals surface area contributed by atoms with Crippen molar-refractivity contribution in [1.82, 2.24) is 4.98 Å². The fraction of sp³-hybridized carbons (Fsp3) is 0.364. The van der Waals surface area contributed by atoms with E-state index < -0.39 is 0 Å². The number of aromatic nitrogens is 1. The Morgan fingerprint density at radius 1 is 1.12 bits per heavy atom. The first kappa shape index (κ1) is 16.4. The maximum absolute atomic E-state index is 14.4. The van der Waals surface area contributed by atoms with Gasteiger partial charge in [0, 0.05) is 28.3 Å². The standard InChI is InChI=1S/C22H21F2NS/c1-26-12-14-9-17(24)10-18-20(11-25-21(14)18)22(15-2-3-15)7-6-13-8-16(23)4-5-19(13)22/h4-5,8-11,15,25H,2-3,6-7,12H2,1H3. The second kappa shape index (κ2) is 5.85. The zero-order valence-electron chi connectivity index (χ0n) is 14.7. The van der Waals surface area contributed by atoms with Gasteiger partial charge in [-0.1, -0.05) is 6.07 Å². The molecule has 0 radical (unpaired) electrons. The van der Waals surface area contributed by atoms with E-state index in [1.165, 1.54) is 24.0 Å². The highest BCUT2D eigenvalue weighted by atomic mass is 32.2. The van der Waals surface area contributed by atoms with Crippen LogP contribution in [0.25, 0.3) is 10.9 Å². The second-order valence-electron chi connectivity index (χ2n) is 7.67. The summed E-state index contributed by atoms with van der Waals surface area (Å²) < 4.78 is 28.1. The van der Waals surface area contributed by atoms with Gasteiger partial charge in [-0.15, -0.1) is 0 Å². The molecule has 26 heavy (non-hydrogen) atoms. The Labute approximate surface area is 156 Å². The number of nitrogens with one attached hydrogen (secondary N) is 1. The lowest BCUT2D eigenvalue weighted by molar-refractivity contribution is 0.448. The fourth-order valence-electron chi connectivity index (χ4n) is 5.08. The molecule has 3 aromatic rings. The van der Waals surface area contributed by atoms with Crippen LogP contribution in [0.4, 0.5) is 8.78 Å². The summed E-state index contributed by atoms with van der Waals surface area (Å²) in [5.41, 5.74) is 5.52. The Morgan fingerprint density at radius 3 is 2.73 bits per heavy atom. The highest BCUT2D eigenvalue weighted by Crippen LogP contribution is 2.59. The molecule has 1 saturated carbocycles. The average molecular weight is 369 g/mol. The first-order valence-electron chi connectivity index (χ1n) is 9.21. The van der Waals surface area contributed by atoms with Gasteiger partial charge < -0.3 is 4.98 Å². The van der Waals surface area contributed by atoms with Crippen molar-refractivity contribution in [3.8, 4) is 0 Å². The summed E-state index contributed by atoms with van der Waals surface area (Å²) >= 11 is 1.70. The molecule has 5 rings (SSSR count). The van der Waals surface area contributed by atoms with Gasteiger partial charge in [0.25, 0.3) is 0 Å². The number of benzene rings is 2. The molecule has 1 nitrogen and oxygen atoms in total. The van der Waals surface area contributed by atoms with Gasteiger partial charge in [0.15, 0.2) is 0 Å². The quantitative estimate of drug-likeness (QED) is 0.601. The Kier molecular flexibility index (Phi) is 3.68. The number of aromatic amines is 1. The molecule has 0 bridgehead atoms. The van der Waals surface area contributed by atoms with Gasteiger partial charge in [-0.25, -0.2) is 8.78 Å². The van der Waals surface area contributed by atoms with Crippen LogP contribution in [0.5, 0.6) is 0 Å². The number of thioether (sulfide) groups is 1. The molecule has 4 heteroatoms. The molecule has 0 spiro atoms. The lowest BCUT2D eigenvalue weighted by atomic mass is 9.71. The highest BCUT2D eigenvalue weighted by Gasteiger charge is 2.51. The summed E-state index contributed by atoms with van der Waals surface area (Å²) in [6.45, 7) is 0. The molecule has 1 N–H and O–H groups in total. The molecule has 1 fully saturated rings. The summed E-state index contributed by atoms with van der Waals surface area (Å²) in [5.74, 6) is 1.01. The Morgan fingerprint density at radius 2 is 1.96 bits per heavy atom. The zero-order valence-corrected chi connectivity index (χ0v) is 15.6. The average Bonchev–Trinajstić information content (AvgIpc) is 3.28.